The van der Waals surface area contributed by atoms with E-state index in [9.17, 15) is 0 Å². The second-order valence-corrected chi connectivity index (χ2v) is 6.08. The lowest BCUT2D eigenvalue weighted by molar-refractivity contribution is 0.0263. The molecule has 5 heteroatoms. The minimum absolute atomic E-state index is 0.413. The molecule has 1 aliphatic heterocycles. The first kappa shape index (κ1) is 16.3. The number of hydrogen-bond donors (Lipinski definition) is 1. The number of nitrogens with one attached hydrogen (secondary N) is 1. The number of nitrogens with zero attached hydrogens (tertiary/aromatic N) is 2. The Morgan fingerprint density at radius 3 is 2.57 bits per heavy atom. The molecule has 1 heterocycles. The minimum atomic E-state index is 0.413. The third-order valence-electron chi connectivity index (χ3n) is 3.72. The number of likely N-dealkylation sites (tertiary alicyclic amines) is 1. The van der Waals surface area contributed by atoms with E-state index in [4.69, 9.17) is 4.74 Å². The quantitative estimate of drug-likeness (QED) is 0.667. The van der Waals surface area contributed by atoms with Crippen LogP contribution in [0.2, 0.25) is 0 Å². The molecular weight excluding hydrogens is 330 g/mol. The van der Waals surface area contributed by atoms with Crippen LogP contribution in [-0.4, -0.2) is 43.7 Å². The highest BCUT2D eigenvalue weighted by atomic mass is 79.9. The fraction of sp³-hybridized carbons (Fsp3) is 0.562. The second kappa shape index (κ2) is 8.39. The molecule has 2 rings (SSSR count). The van der Waals surface area contributed by atoms with Crippen molar-refractivity contribution in [2.75, 3.05) is 26.7 Å². The zero-order valence-corrected chi connectivity index (χ0v) is 14.4. The average Bonchev–Trinajstić information content (AvgIpc) is 2.51. The Labute approximate surface area is 135 Å². The molecule has 1 aliphatic rings. The van der Waals surface area contributed by atoms with Crippen molar-refractivity contribution in [2.24, 2.45) is 4.99 Å². The number of aliphatic imine (C=N–C) groups is 1. The van der Waals surface area contributed by atoms with E-state index in [0.717, 1.165) is 49.5 Å². The van der Waals surface area contributed by atoms with Crippen molar-refractivity contribution in [3.8, 4) is 0 Å². The van der Waals surface area contributed by atoms with Crippen LogP contribution in [0.1, 0.15) is 25.3 Å². The minimum Gasteiger partial charge on any atom is -0.378 e. The van der Waals surface area contributed by atoms with Gasteiger partial charge in [0.05, 0.1) is 6.10 Å². The van der Waals surface area contributed by atoms with Crippen LogP contribution in [0.3, 0.4) is 0 Å². The Bertz CT molecular complexity index is 453. The fourth-order valence-corrected chi connectivity index (χ4v) is 2.85. The van der Waals surface area contributed by atoms with Crippen molar-refractivity contribution in [1.82, 2.24) is 10.2 Å². The Kier molecular flexibility index (Phi) is 6.51. The largest absolute Gasteiger partial charge is 0.378 e. The monoisotopic (exact) mass is 353 g/mol. The van der Waals surface area contributed by atoms with Gasteiger partial charge in [-0.25, -0.2) is 0 Å². The van der Waals surface area contributed by atoms with Gasteiger partial charge in [0.2, 0.25) is 0 Å². The van der Waals surface area contributed by atoms with Crippen molar-refractivity contribution in [3.63, 3.8) is 0 Å². The van der Waals surface area contributed by atoms with Gasteiger partial charge < -0.3 is 15.0 Å². The van der Waals surface area contributed by atoms with Gasteiger partial charge in [-0.05, 0) is 37.5 Å². The third kappa shape index (κ3) is 5.00. The molecule has 1 fully saturated rings. The molecule has 116 valence electrons. The van der Waals surface area contributed by atoms with Crippen molar-refractivity contribution in [1.29, 1.82) is 0 Å². The van der Waals surface area contributed by atoms with Crippen LogP contribution in [0.25, 0.3) is 0 Å². The summed E-state index contributed by atoms with van der Waals surface area (Å²) in [5.41, 5.74) is 1.25. The number of guanidine groups is 1. The predicted molar refractivity (Wildman–Crippen MR) is 90.6 cm³/mol. The number of rotatable bonds is 4. The Morgan fingerprint density at radius 2 is 2.00 bits per heavy atom. The molecule has 0 aromatic heterocycles. The van der Waals surface area contributed by atoms with E-state index in [1.165, 1.54) is 5.56 Å². The molecule has 1 aromatic rings. The summed E-state index contributed by atoms with van der Waals surface area (Å²) < 4.78 is 6.80. The van der Waals surface area contributed by atoms with E-state index in [1.54, 1.807) is 0 Å². The van der Waals surface area contributed by atoms with Crippen molar-refractivity contribution in [3.05, 3.63) is 34.3 Å². The summed E-state index contributed by atoms with van der Waals surface area (Å²) >= 11 is 3.46. The molecule has 0 spiro atoms. The van der Waals surface area contributed by atoms with Crippen molar-refractivity contribution >= 4 is 21.9 Å². The van der Waals surface area contributed by atoms with E-state index in [1.807, 2.05) is 7.05 Å². The highest BCUT2D eigenvalue weighted by Gasteiger charge is 2.21. The third-order valence-corrected chi connectivity index (χ3v) is 4.25. The Hall–Kier alpha value is -1.07. The van der Waals surface area contributed by atoms with Crippen molar-refractivity contribution < 1.29 is 4.74 Å². The number of hydrogen-bond acceptors (Lipinski definition) is 2. The van der Waals surface area contributed by atoms with Gasteiger partial charge in [0.1, 0.15) is 0 Å². The van der Waals surface area contributed by atoms with Crippen LogP contribution < -0.4 is 5.32 Å². The second-order valence-electron chi connectivity index (χ2n) is 5.17. The van der Waals surface area contributed by atoms with E-state index in [2.05, 4.69) is 62.3 Å². The van der Waals surface area contributed by atoms with Gasteiger partial charge in [0, 0.05) is 37.8 Å². The van der Waals surface area contributed by atoms with Crippen LogP contribution >= 0.6 is 15.9 Å². The zero-order chi connectivity index (χ0) is 15.1. The molecule has 0 unspecified atom stereocenters. The fourth-order valence-electron chi connectivity index (χ4n) is 2.59. The summed E-state index contributed by atoms with van der Waals surface area (Å²) in [6.45, 7) is 5.67. The summed E-state index contributed by atoms with van der Waals surface area (Å²) in [6.07, 6.45) is 2.57. The molecule has 21 heavy (non-hydrogen) atoms. The number of halogens is 1. The van der Waals surface area contributed by atoms with Gasteiger partial charge in [0.15, 0.2) is 5.96 Å². The highest BCUT2D eigenvalue weighted by molar-refractivity contribution is 9.10. The smallest absolute Gasteiger partial charge is 0.193 e. The highest BCUT2D eigenvalue weighted by Crippen LogP contribution is 2.14. The van der Waals surface area contributed by atoms with Crippen LogP contribution in [0, 0.1) is 0 Å². The van der Waals surface area contributed by atoms with E-state index in [-0.39, 0.29) is 0 Å². The molecule has 4 nitrogen and oxygen atoms in total. The molecular formula is C16H24BrN3O. The maximum atomic E-state index is 5.69. The van der Waals surface area contributed by atoms with Crippen molar-refractivity contribution in [2.45, 2.75) is 32.4 Å². The summed E-state index contributed by atoms with van der Waals surface area (Å²) in [5.74, 6) is 0.980. The van der Waals surface area contributed by atoms with Gasteiger partial charge in [-0.2, -0.15) is 0 Å². The van der Waals surface area contributed by atoms with E-state index < -0.39 is 0 Å². The normalized spacial score (nSPS) is 17.1. The molecule has 0 atom stereocenters. The summed E-state index contributed by atoms with van der Waals surface area (Å²) in [4.78, 5) is 6.71. The van der Waals surface area contributed by atoms with Gasteiger partial charge in [-0.15, -0.1) is 0 Å². The number of ether oxygens (including phenoxy) is 1. The molecule has 0 saturated carbocycles. The summed E-state index contributed by atoms with van der Waals surface area (Å²) in [7, 11) is 1.85. The van der Waals surface area contributed by atoms with E-state index >= 15 is 0 Å². The number of benzene rings is 1. The van der Waals surface area contributed by atoms with Crippen LogP contribution in [-0.2, 0) is 11.3 Å². The molecule has 0 aliphatic carbocycles. The number of piperidine rings is 1. The lowest BCUT2D eigenvalue weighted by Crippen LogP contribution is -2.46. The summed E-state index contributed by atoms with van der Waals surface area (Å²) in [6, 6.07) is 8.36. The topological polar surface area (TPSA) is 36.9 Å². The maximum absolute atomic E-state index is 5.69. The molecule has 0 amide bonds. The Morgan fingerprint density at radius 1 is 1.33 bits per heavy atom. The van der Waals surface area contributed by atoms with Gasteiger partial charge in [-0.3, -0.25) is 4.99 Å². The van der Waals surface area contributed by atoms with Crippen LogP contribution in [0.15, 0.2) is 33.7 Å². The Balaban J connectivity index is 1.82. The van der Waals surface area contributed by atoms with E-state index in [0.29, 0.717) is 6.10 Å². The molecule has 1 N–H and O–H groups in total. The lowest BCUT2D eigenvalue weighted by Gasteiger charge is -2.34. The maximum Gasteiger partial charge on any atom is 0.193 e. The standard InChI is InChI=1S/C16H24BrN3O/c1-3-21-15-8-10-20(11-9-15)16(18-2)19-12-13-4-6-14(17)7-5-13/h4-7,15H,3,8-12H2,1-2H3,(H,18,19). The van der Waals surface area contributed by atoms with Gasteiger partial charge >= 0.3 is 0 Å². The molecule has 1 aromatic carbocycles. The molecule has 0 bridgehead atoms. The van der Waals surface area contributed by atoms with Crippen LogP contribution in [0.5, 0.6) is 0 Å². The first-order valence-electron chi connectivity index (χ1n) is 7.54. The van der Waals surface area contributed by atoms with Gasteiger partial charge in [-0.1, -0.05) is 28.1 Å². The molecule has 1 saturated heterocycles. The van der Waals surface area contributed by atoms with Crippen LogP contribution in [0.4, 0.5) is 0 Å². The average molecular weight is 354 g/mol. The predicted octanol–water partition coefficient (Wildman–Crippen LogP) is 3.03. The lowest BCUT2D eigenvalue weighted by atomic mass is 10.1. The summed E-state index contributed by atoms with van der Waals surface area (Å²) in [5, 5.41) is 3.44. The first-order valence-corrected chi connectivity index (χ1v) is 8.34. The first-order chi connectivity index (χ1) is 10.2. The van der Waals surface area contributed by atoms with Gasteiger partial charge in [0.25, 0.3) is 0 Å². The SMILES string of the molecule is CCOC1CCN(C(=NC)NCc2ccc(Br)cc2)CC1. The zero-order valence-electron chi connectivity index (χ0n) is 12.8. The molecule has 0 radical (unpaired) electrons.